The highest BCUT2D eigenvalue weighted by Gasteiger charge is 2.21. The minimum Gasteiger partial charge on any atom is -0.423 e. The zero-order valence-corrected chi connectivity index (χ0v) is 69.8. The number of rotatable bonds is 16. The summed E-state index contributed by atoms with van der Waals surface area (Å²) in [6, 6.07) is 152. The van der Waals surface area contributed by atoms with Gasteiger partial charge in [0.05, 0.1) is 39.1 Å². The molecule has 0 spiro atoms. The topological polar surface area (TPSA) is 169 Å². The molecule has 128 heavy (non-hydrogen) atoms. The normalized spacial score (nSPS) is 11.1. The molecule has 6 heterocycles. The molecule has 0 amide bonds. The lowest BCUT2D eigenvalue weighted by Gasteiger charge is -2.14. The average Bonchev–Trinajstić information content (AvgIpc) is 0.749. The van der Waals surface area contributed by atoms with Gasteiger partial charge in [0.1, 0.15) is 5.15 Å². The molecule has 2 N–H and O–H groups in total. The summed E-state index contributed by atoms with van der Waals surface area (Å²) in [5.41, 5.74) is 28.4. The molecule has 0 fully saturated rings. The highest BCUT2D eigenvalue weighted by molar-refractivity contribution is 6.58. The highest BCUT2D eigenvalue weighted by atomic mass is 35.5. The minimum atomic E-state index is -1.49. The van der Waals surface area contributed by atoms with E-state index in [1.807, 2.05) is 224 Å². The summed E-state index contributed by atoms with van der Waals surface area (Å²) >= 11 is 6.39. The summed E-state index contributed by atoms with van der Waals surface area (Å²) in [7, 11) is -1.49. The predicted molar refractivity (Wildman–Crippen MR) is 524 cm³/mol. The number of hydrogen-bond acceptors (Lipinski definition) is 12. The second-order valence-corrected chi connectivity index (χ2v) is 31.3. The van der Waals surface area contributed by atoms with Gasteiger partial charge in [0, 0.05) is 71.6 Å². The molecule has 6 aromatic heterocycles. The van der Waals surface area contributed by atoms with Crippen LogP contribution in [0.3, 0.4) is 0 Å². The Hall–Kier alpha value is -16.5. The van der Waals surface area contributed by atoms with Gasteiger partial charge in [-0.2, -0.15) is 0 Å². The fourth-order valence-corrected chi connectivity index (χ4v) is 16.3. The van der Waals surface area contributed by atoms with E-state index in [-0.39, 0.29) is 0 Å². The number of hydrogen-bond donors (Lipinski definition) is 2. The Morgan fingerprint density at radius 2 is 0.438 bits per heavy atom. The molecule has 0 aliphatic rings. The summed E-state index contributed by atoms with van der Waals surface area (Å²) in [4.78, 5) is 49.4. The molecule has 0 atom stereocenters. The van der Waals surface area contributed by atoms with Crippen LogP contribution in [-0.2, 0) is 0 Å². The average molecular weight is 1660 g/mol. The van der Waals surface area contributed by atoms with E-state index in [4.69, 9.17) is 56.5 Å². The molecule has 14 heteroatoms. The second kappa shape index (κ2) is 36.5. The number of aromatic nitrogens is 10. The van der Waals surface area contributed by atoms with Crippen molar-refractivity contribution < 1.29 is 10.0 Å². The first-order chi connectivity index (χ1) is 63.1. The first kappa shape index (κ1) is 79.9. The van der Waals surface area contributed by atoms with Crippen LogP contribution in [0.2, 0.25) is 5.15 Å². The van der Waals surface area contributed by atoms with Crippen LogP contribution in [-0.4, -0.2) is 67.0 Å². The Bertz CT molecular complexity index is 7640. The van der Waals surface area contributed by atoms with Crippen molar-refractivity contribution in [3.8, 4) is 169 Å². The van der Waals surface area contributed by atoms with Crippen LogP contribution < -0.4 is 5.46 Å². The Morgan fingerprint density at radius 1 is 0.172 bits per heavy atom. The van der Waals surface area contributed by atoms with Gasteiger partial charge in [0.25, 0.3) is 0 Å². The largest absolute Gasteiger partial charge is 0.488 e. The summed E-state index contributed by atoms with van der Waals surface area (Å²) in [5, 5.41) is 23.7. The van der Waals surface area contributed by atoms with Crippen LogP contribution in [0.5, 0.6) is 0 Å². The lowest BCUT2D eigenvalue weighted by molar-refractivity contribution is 0.426. The third kappa shape index (κ3) is 17.5. The van der Waals surface area contributed by atoms with Gasteiger partial charge in [-0.05, 0) is 115 Å². The van der Waals surface area contributed by atoms with Gasteiger partial charge < -0.3 is 10.0 Å². The molecule has 0 saturated heterocycles. The predicted octanol–water partition coefficient (Wildman–Crippen LogP) is 27.0. The molecular weight excluding hydrogens is 1590 g/mol. The van der Waals surface area contributed by atoms with Crippen molar-refractivity contribution >= 4 is 67.8 Å². The highest BCUT2D eigenvalue weighted by Crippen LogP contribution is 2.41. The summed E-state index contributed by atoms with van der Waals surface area (Å²) in [5.74, 6) is 3.79. The number of benzene rings is 16. The van der Waals surface area contributed by atoms with Gasteiger partial charge in [-0.15, -0.1) is 0 Å². The van der Waals surface area contributed by atoms with E-state index in [1.54, 1.807) is 12.1 Å². The van der Waals surface area contributed by atoms with Crippen LogP contribution in [0.15, 0.2) is 449 Å². The number of halogens is 1. The van der Waals surface area contributed by atoms with Crippen molar-refractivity contribution in [1.82, 2.24) is 49.8 Å². The molecule has 22 rings (SSSR count). The molecule has 0 bridgehead atoms. The van der Waals surface area contributed by atoms with Crippen molar-refractivity contribution in [1.29, 1.82) is 0 Å². The van der Waals surface area contributed by atoms with Crippen LogP contribution in [0, 0.1) is 0 Å². The Kier molecular flexibility index (Phi) is 22.8. The second-order valence-electron chi connectivity index (χ2n) is 30.9. The summed E-state index contributed by atoms with van der Waals surface area (Å²) in [6.07, 6.45) is 0. The molecule has 0 radical (unpaired) electrons. The molecule has 0 aliphatic carbocycles. The molecule has 0 aliphatic heterocycles. The maximum absolute atomic E-state index is 9.51. The van der Waals surface area contributed by atoms with Crippen LogP contribution >= 0.6 is 11.6 Å². The van der Waals surface area contributed by atoms with Crippen LogP contribution in [0.25, 0.3) is 212 Å². The lowest BCUT2D eigenvalue weighted by atomic mass is 9.79. The van der Waals surface area contributed by atoms with Crippen LogP contribution in [0.1, 0.15) is 0 Å². The van der Waals surface area contributed by atoms with E-state index in [9.17, 15) is 10.0 Å². The molecular formula is C114H76BClN10O2. The molecule has 12 nitrogen and oxygen atoms in total. The number of nitrogens with zero attached hydrogens (tertiary/aromatic N) is 10. The molecule has 0 saturated carbocycles. The zero-order chi connectivity index (χ0) is 86.1. The molecule has 16 aromatic carbocycles. The van der Waals surface area contributed by atoms with Crippen molar-refractivity contribution in [3.63, 3.8) is 0 Å². The third-order valence-corrected chi connectivity index (χ3v) is 22.8. The van der Waals surface area contributed by atoms with Gasteiger partial charge >= 0.3 is 7.12 Å². The Balaban J connectivity index is 0.000000132. The SMILES string of the molecule is Clc1cc(-c2ccccc2)c2ccc3ccc(-c4ccccc4)nc3c2n1.OB(O)c1cccc(-c2ccc(-c3cccc(-c4nc(-c5ccccc5)nc(-c5ccccc5)n4)c3)cc2)c1.c1ccc(-c2ccc3ccc4c(-c5ccccc5)cc(-c5cccc(-c6ccc(-c7cccc(-c8nc(-c9ccccc9)nc(-c9ccccc9)n8)c7)cc6)c5)nc4c3n2)cc1. The first-order valence-corrected chi connectivity index (χ1v) is 42.6. The van der Waals surface area contributed by atoms with Crippen molar-refractivity contribution in [2.75, 3.05) is 0 Å². The Morgan fingerprint density at radius 3 is 0.797 bits per heavy atom. The summed E-state index contributed by atoms with van der Waals surface area (Å²) in [6.45, 7) is 0. The van der Waals surface area contributed by atoms with Gasteiger partial charge in [-0.1, -0.05) is 418 Å². The van der Waals surface area contributed by atoms with E-state index in [0.717, 1.165) is 178 Å². The van der Waals surface area contributed by atoms with Gasteiger partial charge in [0.15, 0.2) is 34.9 Å². The van der Waals surface area contributed by atoms with E-state index in [2.05, 4.69) is 217 Å². The number of pyridine rings is 4. The molecule has 0 unspecified atom stereocenters. The molecule has 22 aromatic rings. The van der Waals surface area contributed by atoms with Gasteiger partial charge in [-0.3, -0.25) is 0 Å². The fourth-order valence-electron chi connectivity index (χ4n) is 16.1. The maximum atomic E-state index is 9.51. The van der Waals surface area contributed by atoms with Crippen LogP contribution in [0.4, 0.5) is 0 Å². The standard InChI is InChI=1S/C57H37N5.C33H24BN3O2.C24H15ClN2/c1-5-15-40(16-6-1)50-37-52(59-54-49(50)33-31-42-32-34-51(58-53(42)54)41-17-7-2-8-18-41)47-25-13-23-45(35-47)38-27-29-39(30-28-38)46-24-14-26-48(36-46)57-61-55(43-19-9-3-10-20-43)60-56(62-57)44-21-11-4-12-22-44;38-34(39)30-16-8-14-28(22-30)24-19-17-23(18-20-24)27-13-7-15-29(21-27)33-36-31(25-9-3-1-4-10-25)35-32(37-33)26-11-5-2-6-12-26;25-22-15-20(16-7-3-1-4-8-16)19-13-11-18-12-14-21(17-9-5-2-6-10-17)26-23(18)24(19)27-22/h1-37H;1-22,38-39H;1-15H. The van der Waals surface area contributed by atoms with Gasteiger partial charge in [-0.25, -0.2) is 49.8 Å². The van der Waals surface area contributed by atoms with E-state index in [1.165, 1.54) is 0 Å². The first-order valence-electron chi connectivity index (χ1n) is 42.2. The fraction of sp³-hybridized carbons (Fsp3) is 0. The summed E-state index contributed by atoms with van der Waals surface area (Å²) < 4.78 is 0. The maximum Gasteiger partial charge on any atom is 0.488 e. The minimum absolute atomic E-state index is 0.464. The Labute approximate surface area is 745 Å². The lowest BCUT2D eigenvalue weighted by Crippen LogP contribution is -2.29. The van der Waals surface area contributed by atoms with Gasteiger partial charge in [0.2, 0.25) is 0 Å². The smallest absolute Gasteiger partial charge is 0.423 e. The quantitative estimate of drug-likeness (QED) is 0.0534. The van der Waals surface area contributed by atoms with E-state index >= 15 is 0 Å². The molecule has 604 valence electrons. The van der Waals surface area contributed by atoms with Crippen molar-refractivity contribution in [2.45, 2.75) is 0 Å². The van der Waals surface area contributed by atoms with Crippen molar-refractivity contribution in [3.05, 3.63) is 454 Å². The van der Waals surface area contributed by atoms with Crippen molar-refractivity contribution in [2.24, 2.45) is 0 Å². The van der Waals surface area contributed by atoms with E-state index in [0.29, 0.717) is 45.6 Å². The third-order valence-electron chi connectivity index (χ3n) is 22.6. The zero-order valence-electron chi connectivity index (χ0n) is 69.0. The van der Waals surface area contributed by atoms with E-state index < -0.39 is 7.12 Å². The number of fused-ring (bicyclic) bond motifs is 6. The monoisotopic (exact) mass is 1660 g/mol.